The van der Waals surface area contributed by atoms with E-state index in [4.69, 9.17) is 20.5 Å². The summed E-state index contributed by atoms with van der Waals surface area (Å²) in [7, 11) is 0. The van der Waals surface area contributed by atoms with Gasteiger partial charge < -0.3 is 15.2 Å². The van der Waals surface area contributed by atoms with E-state index >= 15 is 0 Å². The van der Waals surface area contributed by atoms with E-state index in [-0.39, 0.29) is 23.6 Å². The fourth-order valence-electron chi connectivity index (χ4n) is 2.42. The zero-order chi connectivity index (χ0) is 17.0. The van der Waals surface area contributed by atoms with Crippen molar-refractivity contribution in [3.05, 3.63) is 58.2 Å². The van der Waals surface area contributed by atoms with E-state index in [0.29, 0.717) is 16.9 Å². The molecule has 6 nitrogen and oxygen atoms in total. The second kappa shape index (κ2) is 6.67. The third-order valence-corrected chi connectivity index (χ3v) is 3.47. The lowest BCUT2D eigenvalue weighted by atomic mass is 9.83. The predicted molar refractivity (Wildman–Crippen MR) is 81.1 cm³/mol. The first-order valence-electron chi connectivity index (χ1n) is 6.99. The van der Waals surface area contributed by atoms with Crippen molar-refractivity contribution in [1.29, 1.82) is 10.5 Å². The van der Waals surface area contributed by atoms with Gasteiger partial charge in [0.15, 0.2) is 0 Å². The lowest BCUT2D eigenvalue weighted by molar-refractivity contribution is -0.139. The Morgan fingerprint density at radius 3 is 2.48 bits per heavy atom. The van der Waals surface area contributed by atoms with Crippen molar-refractivity contribution in [3.8, 4) is 12.1 Å². The number of carbonyl (C=O) groups is 1. The summed E-state index contributed by atoms with van der Waals surface area (Å²) in [4.78, 5) is 12.3. The van der Waals surface area contributed by atoms with E-state index in [0.717, 1.165) is 0 Å². The molecule has 23 heavy (non-hydrogen) atoms. The van der Waals surface area contributed by atoms with Crippen LogP contribution in [0.1, 0.15) is 30.9 Å². The van der Waals surface area contributed by atoms with Gasteiger partial charge in [-0.15, -0.1) is 0 Å². The molecule has 1 aromatic rings. The molecule has 0 fully saturated rings. The minimum atomic E-state index is -0.680. The van der Waals surface area contributed by atoms with Gasteiger partial charge in [-0.1, -0.05) is 12.1 Å². The maximum Gasteiger partial charge on any atom is 0.340 e. The minimum Gasteiger partial charge on any atom is -0.462 e. The first-order valence-corrected chi connectivity index (χ1v) is 6.99. The van der Waals surface area contributed by atoms with Gasteiger partial charge in [0.1, 0.15) is 11.3 Å². The number of nitrogens with zero attached hydrogens (tertiary/aromatic N) is 2. The molecular formula is C17H15N3O3. The highest BCUT2D eigenvalue weighted by Crippen LogP contribution is 2.39. The molecule has 0 saturated carbocycles. The van der Waals surface area contributed by atoms with E-state index in [9.17, 15) is 10.1 Å². The maximum absolute atomic E-state index is 12.3. The number of hydrogen-bond acceptors (Lipinski definition) is 6. The van der Waals surface area contributed by atoms with Crippen LogP contribution >= 0.6 is 0 Å². The summed E-state index contributed by atoms with van der Waals surface area (Å²) >= 11 is 0. The number of benzene rings is 1. The third-order valence-electron chi connectivity index (χ3n) is 3.47. The topological polar surface area (TPSA) is 109 Å². The Labute approximate surface area is 134 Å². The molecule has 0 radical (unpaired) electrons. The number of rotatable bonds is 3. The van der Waals surface area contributed by atoms with Crippen molar-refractivity contribution in [2.24, 2.45) is 5.73 Å². The fraction of sp³-hybridized carbons (Fsp3) is 0.235. The van der Waals surface area contributed by atoms with E-state index in [1.807, 2.05) is 6.07 Å². The number of hydrogen-bond donors (Lipinski definition) is 1. The Bertz CT molecular complexity index is 777. The molecule has 6 heteroatoms. The van der Waals surface area contributed by atoms with Crippen LogP contribution in [-0.4, -0.2) is 12.6 Å². The number of carbonyl (C=O) groups excluding carboxylic acids is 1. The quantitative estimate of drug-likeness (QED) is 0.857. The van der Waals surface area contributed by atoms with Crippen LogP contribution < -0.4 is 5.73 Å². The van der Waals surface area contributed by atoms with Crippen LogP contribution in [0.15, 0.2) is 47.1 Å². The number of nitrogens with two attached hydrogens (primary N) is 1. The van der Waals surface area contributed by atoms with Gasteiger partial charge in [0.25, 0.3) is 0 Å². The monoisotopic (exact) mass is 309 g/mol. The molecule has 0 spiro atoms. The summed E-state index contributed by atoms with van der Waals surface area (Å²) in [5.74, 6) is -1.04. The third kappa shape index (κ3) is 3.02. The average molecular weight is 309 g/mol. The van der Waals surface area contributed by atoms with Gasteiger partial charge in [0.05, 0.1) is 35.8 Å². The molecule has 0 saturated heterocycles. The van der Waals surface area contributed by atoms with Crippen LogP contribution in [0.25, 0.3) is 0 Å². The molecule has 2 N–H and O–H groups in total. The average Bonchev–Trinajstić information content (AvgIpc) is 2.54. The lowest BCUT2D eigenvalue weighted by Crippen LogP contribution is -2.26. The van der Waals surface area contributed by atoms with Crippen molar-refractivity contribution in [2.45, 2.75) is 19.8 Å². The van der Waals surface area contributed by atoms with E-state index in [2.05, 4.69) is 6.07 Å². The molecular weight excluding hydrogens is 294 g/mol. The Hall–Kier alpha value is -3.25. The van der Waals surface area contributed by atoms with E-state index < -0.39 is 11.9 Å². The fourth-order valence-corrected chi connectivity index (χ4v) is 2.42. The van der Waals surface area contributed by atoms with Crippen LogP contribution in [0.2, 0.25) is 0 Å². The largest absolute Gasteiger partial charge is 0.462 e. The Balaban J connectivity index is 2.59. The van der Waals surface area contributed by atoms with Crippen LogP contribution in [0.5, 0.6) is 0 Å². The predicted octanol–water partition coefficient (Wildman–Crippen LogP) is 2.20. The Morgan fingerprint density at radius 1 is 1.30 bits per heavy atom. The zero-order valence-corrected chi connectivity index (χ0v) is 12.8. The first-order chi connectivity index (χ1) is 11.0. The van der Waals surface area contributed by atoms with Crippen molar-refractivity contribution in [1.82, 2.24) is 0 Å². The summed E-state index contributed by atoms with van der Waals surface area (Å²) < 4.78 is 10.4. The van der Waals surface area contributed by atoms with Gasteiger partial charge in [0, 0.05) is 0 Å². The molecule has 1 aliphatic rings. The second-order valence-electron chi connectivity index (χ2n) is 4.85. The molecule has 1 aliphatic heterocycles. The molecule has 116 valence electrons. The summed E-state index contributed by atoms with van der Waals surface area (Å²) in [6.45, 7) is 3.48. The molecule has 2 rings (SSSR count). The Kier molecular flexibility index (Phi) is 4.68. The molecule has 1 heterocycles. The van der Waals surface area contributed by atoms with E-state index in [1.54, 1.807) is 38.1 Å². The number of esters is 1. The normalized spacial score (nSPS) is 17.1. The van der Waals surface area contributed by atoms with Crippen molar-refractivity contribution >= 4 is 5.97 Å². The number of allylic oxidation sites excluding steroid dienone is 2. The second-order valence-corrected chi connectivity index (χ2v) is 4.85. The van der Waals surface area contributed by atoms with Gasteiger partial charge in [-0.05, 0) is 31.5 Å². The number of ether oxygens (including phenoxy) is 2. The van der Waals surface area contributed by atoms with Gasteiger partial charge in [-0.3, -0.25) is 0 Å². The van der Waals surface area contributed by atoms with Crippen molar-refractivity contribution < 1.29 is 14.3 Å². The standard InChI is InChI=1S/C17H15N3O3/c1-3-22-17(21)15-14(12-6-4-11(8-18)5-7-12)13(9-19)10(2)23-16(15)20/h4-7,14H,3,20H2,1-2H3. The number of nitriles is 2. The van der Waals surface area contributed by atoms with Gasteiger partial charge in [-0.2, -0.15) is 10.5 Å². The summed E-state index contributed by atoms with van der Waals surface area (Å²) in [6.07, 6.45) is 0. The minimum absolute atomic E-state index is 0.0747. The maximum atomic E-state index is 12.3. The molecule has 0 aliphatic carbocycles. The van der Waals surface area contributed by atoms with E-state index in [1.165, 1.54) is 0 Å². The van der Waals surface area contributed by atoms with Crippen LogP contribution in [0.3, 0.4) is 0 Å². The molecule has 1 atom stereocenters. The van der Waals surface area contributed by atoms with Crippen LogP contribution in [0.4, 0.5) is 0 Å². The molecule has 0 bridgehead atoms. The Morgan fingerprint density at radius 2 is 1.96 bits per heavy atom. The van der Waals surface area contributed by atoms with Gasteiger partial charge in [-0.25, -0.2) is 4.79 Å². The smallest absolute Gasteiger partial charge is 0.340 e. The molecule has 0 aromatic heterocycles. The van der Waals surface area contributed by atoms with Crippen molar-refractivity contribution in [3.63, 3.8) is 0 Å². The first kappa shape index (κ1) is 16.1. The molecule has 1 aromatic carbocycles. The van der Waals surface area contributed by atoms with Crippen molar-refractivity contribution in [2.75, 3.05) is 6.61 Å². The van der Waals surface area contributed by atoms with Gasteiger partial charge >= 0.3 is 5.97 Å². The summed E-state index contributed by atoms with van der Waals surface area (Å²) in [6, 6.07) is 10.7. The SMILES string of the molecule is CCOC(=O)C1=C(N)OC(C)=C(C#N)C1c1ccc(C#N)cc1. The molecule has 0 amide bonds. The zero-order valence-electron chi connectivity index (χ0n) is 12.8. The van der Waals surface area contributed by atoms with Crippen LogP contribution in [0, 0.1) is 22.7 Å². The molecule has 1 unspecified atom stereocenters. The van der Waals surface area contributed by atoms with Gasteiger partial charge in [0.2, 0.25) is 5.88 Å². The summed E-state index contributed by atoms with van der Waals surface area (Å²) in [5.41, 5.74) is 7.38. The highest BCUT2D eigenvalue weighted by molar-refractivity contribution is 5.92. The summed E-state index contributed by atoms with van der Waals surface area (Å²) in [5, 5.41) is 18.4. The lowest BCUT2D eigenvalue weighted by Gasteiger charge is -2.26. The van der Waals surface area contributed by atoms with Crippen LogP contribution in [-0.2, 0) is 14.3 Å². The highest BCUT2D eigenvalue weighted by Gasteiger charge is 2.36. The highest BCUT2D eigenvalue weighted by atomic mass is 16.5.